The third-order valence-electron chi connectivity index (χ3n) is 3.91. The van der Waals surface area contributed by atoms with Gasteiger partial charge in [-0.2, -0.15) is 18.3 Å². The number of hydrogen-bond donors (Lipinski definition) is 1. The Kier molecular flexibility index (Phi) is 5.99. The summed E-state index contributed by atoms with van der Waals surface area (Å²) in [7, 11) is 0. The predicted octanol–water partition coefficient (Wildman–Crippen LogP) is 2.52. The maximum Gasteiger partial charge on any atom is 0.433 e. The number of aromatic nitrogens is 3. The van der Waals surface area contributed by atoms with Gasteiger partial charge in [0.05, 0.1) is 0 Å². The molecule has 138 valence electrons. The lowest BCUT2D eigenvalue weighted by atomic mass is 10.3. The van der Waals surface area contributed by atoms with E-state index in [2.05, 4.69) is 34.1 Å². The largest absolute Gasteiger partial charge is 0.433 e. The van der Waals surface area contributed by atoms with E-state index in [4.69, 9.17) is 0 Å². The first-order chi connectivity index (χ1) is 11.8. The highest BCUT2D eigenvalue weighted by Gasteiger charge is 2.35. The summed E-state index contributed by atoms with van der Waals surface area (Å²) in [4.78, 5) is 18.4. The smallest absolute Gasteiger partial charge is 0.351 e. The summed E-state index contributed by atoms with van der Waals surface area (Å²) in [6.45, 7) is 8.73. The number of carbonyl (C=O) groups excluding carboxylic acids is 1. The average Bonchev–Trinajstić information content (AvgIpc) is 2.96. The number of rotatable bonds is 7. The summed E-state index contributed by atoms with van der Waals surface area (Å²) >= 11 is 0. The molecule has 6 nitrogen and oxygen atoms in total. The summed E-state index contributed by atoms with van der Waals surface area (Å²) in [6, 6.07) is 2.17. The molecule has 1 amide bonds. The normalized spacial score (nSPS) is 12.1. The molecule has 0 aliphatic heterocycles. The number of carbonyl (C=O) groups is 1. The molecule has 0 aromatic carbocycles. The van der Waals surface area contributed by atoms with Gasteiger partial charge in [-0.25, -0.2) is 9.50 Å². The van der Waals surface area contributed by atoms with Crippen LogP contribution in [0.4, 0.5) is 13.2 Å². The first-order valence-electron chi connectivity index (χ1n) is 8.21. The third kappa shape index (κ3) is 4.68. The third-order valence-corrected chi connectivity index (χ3v) is 3.91. The van der Waals surface area contributed by atoms with Gasteiger partial charge in [-0.15, -0.1) is 0 Å². The molecule has 0 unspecified atom stereocenters. The van der Waals surface area contributed by atoms with Crippen LogP contribution >= 0.6 is 0 Å². The molecule has 2 aromatic heterocycles. The number of fused-ring (bicyclic) bond motifs is 1. The number of alkyl halides is 3. The lowest BCUT2D eigenvalue weighted by molar-refractivity contribution is -0.142. The topological polar surface area (TPSA) is 62.5 Å². The lowest BCUT2D eigenvalue weighted by Gasteiger charge is -2.17. The minimum atomic E-state index is -4.57. The fourth-order valence-corrected chi connectivity index (χ4v) is 2.55. The van der Waals surface area contributed by atoms with Crippen LogP contribution in [0.3, 0.4) is 0 Å². The van der Waals surface area contributed by atoms with Crippen molar-refractivity contribution in [2.45, 2.75) is 33.4 Å². The standard InChI is InChI=1S/C16H22F3N5O/c1-4-23(5-2)8-6-7-20-15(25)12-10-14-21-11(3)9-13(16(17,18)19)24(14)22-12/h9-10H,4-8H2,1-3H3,(H,20,25). The van der Waals surface area contributed by atoms with Crippen molar-refractivity contribution >= 4 is 11.6 Å². The zero-order chi connectivity index (χ0) is 18.6. The molecule has 2 rings (SSSR count). The molecule has 1 N–H and O–H groups in total. The maximum absolute atomic E-state index is 13.1. The minimum absolute atomic E-state index is 0.000570. The van der Waals surface area contributed by atoms with Crippen molar-refractivity contribution < 1.29 is 18.0 Å². The molecular formula is C16H22F3N5O. The summed E-state index contributed by atoms with van der Waals surface area (Å²) in [5.41, 5.74) is -0.812. The van der Waals surface area contributed by atoms with Gasteiger partial charge in [0, 0.05) is 18.3 Å². The van der Waals surface area contributed by atoms with Crippen molar-refractivity contribution in [2.75, 3.05) is 26.2 Å². The molecule has 0 aliphatic carbocycles. The fraction of sp³-hybridized carbons (Fsp3) is 0.562. The monoisotopic (exact) mass is 357 g/mol. The first kappa shape index (κ1) is 19.2. The molecule has 0 bridgehead atoms. The molecule has 0 atom stereocenters. The van der Waals surface area contributed by atoms with Crippen LogP contribution in [-0.4, -0.2) is 51.6 Å². The molecule has 2 heterocycles. The molecular weight excluding hydrogens is 335 g/mol. The number of nitrogens with one attached hydrogen (secondary N) is 1. The van der Waals surface area contributed by atoms with Crippen LogP contribution in [0.25, 0.3) is 5.65 Å². The van der Waals surface area contributed by atoms with Gasteiger partial charge in [0.15, 0.2) is 11.3 Å². The highest BCUT2D eigenvalue weighted by Crippen LogP contribution is 2.29. The van der Waals surface area contributed by atoms with Crippen LogP contribution in [-0.2, 0) is 6.18 Å². The van der Waals surface area contributed by atoms with E-state index in [-0.39, 0.29) is 17.0 Å². The van der Waals surface area contributed by atoms with E-state index in [1.54, 1.807) is 0 Å². The Hall–Kier alpha value is -2.16. The highest BCUT2D eigenvalue weighted by molar-refractivity contribution is 5.93. The van der Waals surface area contributed by atoms with E-state index in [0.717, 1.165) is 32.1 Å². The van der Waals surface area contributed by atoms with Gasteiger partial charge in [-0.3, -0.25) is 4.79 Å². The maximum atomic E-state index is 13.1. The van der Waals surface area contributed by atoms with Crippen molar-refractivity contribution in [3.05, 3.63) is 29.2 Å². The molecule has 9 heteroatoms. The Bertz CT molecular complexity index is 737. The number of nitrogens with zero attached hydrogens (tertiary/aromatic N) is 4. The Labute approximate surface area is 144 Å². The highest BCUT2D eigenvalue weighted by atomic mass is 19.4. The Morgan fingerprint density at radius 2 is 1.96 bits per heavy atom. The summed E-state index contributed by atoms with van der Waals surface area (Å²) in [5.74, 6) is -0.504. The molecule has 0 fully saturated rings. The second kappa shape index (κ2) is 7.81. The molecule has 0 spiro atoms. The Morgan fingerprint density at radius 3 is 2.56 bits per heavy atom. The van der Waals surface area contributed by atoms with Crippen LogP contribution in [0.15, 0.2) is 12.1 Å². The second-order valence-electron chi connectivity index (χ2n) is 5.72. The van der Waals surface area contributed by atoms with Gasteiger partial charge in [-0.05, 0) is 39.0 Å². The van der Waals surface area contributed by atoms with Crippen LogP contribution in [0.5, 0.6) is 0 Å². The lowest BCUT2D eigenvalue weighted by Crippen LogP contribution is -2.30. The van der Waals surface area contributed by atoms with Crippen molar-refractivity contribution in [3.63, 3.8) is 0 Å². The van der Waals surface area contributed by atoms with Crippen molar-refractivity contribution in [2.24, 2.45) is 0 Å². The van der Waals surface area contributed by atoms with Gasteiger partial charge in [0.25, 0.3) is 5.91 Å². The number of aryl methyl sites for hydroxylation is 1. The zero-order valence-corrected chi connectivity index (χ0v) is 14.5. The van der Waals surface area contributed by atoms with Crippen LogP contribution in [0.2, 0.25) is 0 Å². The van der Waals surface area contributed by atoms with E-state index in [1.807, 2.05) is 0 Å². The molecule has 2 aromatic rings. The van der Waals surface area contributed by atoms with Crippen LogP contribution < -0.4 is 5.32 Å². The second-order valence-corrected chi connectivity index (χ2v) is 5.72. The van der Waals surface area contributed by atoms with E-state index in [1.165, 1.54) is 13.0 Å². The first-order valence-corrected chi connectivity index (χ1v) is 8.21. The van der Waals surface area contributed by atoms with E-state index in [9.17, 15) is 18.0 Å². The van der Waals surface area contributed by atoms with Crippen LogP contribution in [0.1, 0.15) is 42.1 Å². The van der Waals surface area contributed by atoms with Gasteiger partial charge < -0.3 is 10.2 Å². The zero-order valence-electron chi connectivity index (χ0n) is 14.5. The average molecular weight is 357 g/mol. The predicted molar refractivity (Wildman–Crippen MR) is 87.5 cm³/mol. The number of amides is 1. The van der Waals surface area contributed by atoms with E-state index < -0.39 is 17.8 Å². The molecule has 0 radical (unpaired) electrons. The molecule has 0 saturated carbocycles. The summed E-state index contributed by atoms with van der Waals surface area (Å²) < 4.78 is 40.0. The van der Waals surface area contributed by atoms with Gasteiger partial charge in [-0.1, -0.05) is 13.8 Å². The summed E-state index contributed by atoms with van der Waals surface area (Å²) in [6.07, 6.45) is -3.82. The van der Waals surface area contributed by atoms with Crippen LogP contribution in [0, 0.1) is 6.92 Å². The van der Waals surface area contributed by atoms with Crippen molar-refractivity contribution in [1.82, 2.24) is 24.8 Å². The van der Waals surface area contributed by atoms with Crippen molar-refractivity contribution in [3.8, 4) is 0 Å². The van der Waals surface area contributed by atoms with E-state index >= 15 is 0 Å². The molecule has 25 heavy (non-hydrogen) atoms. The molecule has 0 aliphatic rings. The van der Waals surface area contributed by atoms with E-state index in [0.29, 0.717) is 11.1 Å². The minimum Gasteiger partial charge on any atom is -0.351 e. The Morgan fingerprint density at radius 1 is 1.28 bits per heavy atom. The van der Waals surface area contributed by atoms with Gasteiger partial charge >= 0.3 is 6.18 Å². The number of halogens is 3. The Balaban J connectivity index is 2.10. The SMILES string of the molecule is CCN(CC)CCCNC(=O)c1cc2nc(C)cc(C(F)(F)F)n2n1. The number of hydrogen-bond acceptors (Lipinski definition) is 4. The quantitative estimate of drug-likeness (QED) is 0.774. The molecule has 0 saturated heterocycles. The fourth-order valence-electron chi connectivity index (χ4n) is 2.55. The van der Waals surface area contributed by atoms with Gasteiger partial charge in [0.2, 0.25) is 0 Å². The van der Waals surface area contributed by atoms with Gasteiger partial charge in [0.1, 0.15) is 5.69 Å². The van der Waals surface area contributed by atoms with Crippen molar-refractivity contribution in [1.29, 1.82) is 0 Å². The summed E-state index contributed by atoms with van der Waals surface area (Å²) in [5, 5.41) is 6.46.